The van der Waals surface area contributed by atoms with E-state index in [2.05, 4.69) is 6.58 Å². The molecule has 2 rings (SSSR count). The number of hydrogen-bond donors (Lipinski definition) is 1. The van der Waals surface area contributed by atoms with Crippen LogP contribution in [0.5, 0.6) is 5.75 Å². The van der Waals surface area contributed by atoms with Crippen molar-refractivity contribution in [3.8, 4) is 5.75 Å². The monoisotopic (exact) mass is 433 g/mol. The van der Waals surface area contributed by atoms with Gasteiger partial charge >= 0.3 is 5.97 Å². The Hall–Kier alpha value is -3.60. The summed E-state index contributed by atoms with van der Waals surface area (Å²) in [7, 11) is 1.94. The number of Topliss-reactive ketones (excluding diaryl/α,β-unsaturated/α-hetero) is 1. The molecule has 1 N–H and O–H groups in total. The van der Waals surface area contributed by atoms with E-state index in [9.17, 15) is 9.59 Å². The molecule has 0 radical (unpaired) electrons. The number of benzene rings is 2. The third-order valence-corrected chi connectivity index (χ3v) is 5.09. The Morgan fingerprint density at radius 1 is 1.12 bits per heavy atom. The summed E-state index contributed by atoms with van der Waals surface area (Å²) in [5.41, 5.74) is 4.91. The second kappa shape index (κ2) is 11.7. The SMILES string of the molecule is C=C(/C(=C\C)CN(C)c1cccc(OCC(=O)O)c1/C(=C/CC)C(C)=O)c1ccccc1. The predicted molar refractivity (Wildman–Crippen MR) is 131 cm³/mol. The molecule has 32 heavy (non-hydrogen) atoms. The van der Waals surface area contributed by atoms with Gasteiger partial charge in [-0.1, -0.05) is 62.1 Å². The minimum absolute atomic E-state index is 0.104. The number of allylic oxidation sites excluding steroid dienone is 3. The molecule has 0 aromatic heterocycles. The second-order valence-corrected chi connectivity index (χ2v) is 7.43. The Kier molecular flexibility index (Phi) is 9.02. The molecular weight excluding hydrogens is 402 g/mol. The van der Waals surface area contributed by atoms with Crippen molar-refractivity contribution in [2.45, 2.75) is 27.2 Å². The fraction of sp³-hybridized carbons (Fsp3) is 0.259. The topological polar surface area (TPSA) is 66.8 Å². The van der Waals surface area contributed by atoms with E-state index in [1.165, 1.54) is 6.92 Å². The van der Waals surface area contributed by atoms with Gasteiger partial charge in [-0.25, -0.2) is 4.79 Å². The summed E-state index contributed by atoms with van der Waals surface area (Å²) in [5.74, 6) is -0.808. The van der Waals surface area contributed by atoms with Gasteiger partial charge in [-0.2, -0.15) is 0 Å². The van der Waals surface area contributed by atoms with Crippen molar-refractivity contribution in [2.75, 3.05) is 25.1 Å². The number of anilines is 1. The van der Waals surface area contributed by atoms with Crippen LogP contribution in [-0.2, 0) is 9.59 Å². The van der Waals surface area contributed by atoms with Crippen molar-refractivity contribution in [2.24, 2.45) is 0 Å². The predicted octanol–water partition coefficient (Wildman–Crippen LogP) is 5.63. The number of nitrogens with zero attached hydrogens (tertiary/aromatic N) is 1. The van der Waals surface area contributed by atoms with Crippen LogP contribution in [0.1, 0.15) is 38.3 Å². The molecule has 2 aromatic carbocycles. The molecule has 0 atom stereocenters. The quantitative estimate of drug-likeness (QED) is 0.368. The maximum atomic E-state index is 12.5. The molecule has 2 aromatic rings. The first-order valence-corrected chi connectivity index (χ1v) is 10.6. The first-order chi connectivity index (χ1) is 15.3. The van der Waals surface area contributed by atoms with Gasteiger partial charge in [0.15, 0.2) is 12.4 Å². The van der Waals surface area contributed by atoms with Gasteiger partial charge in [0.1, 0.15) is 5.75 Å². The summed E-state index contributed by atoms with van der Waals surface area (Å²) in [6.45, 7) is 9.78. The average molecular weight is 434 g/mol. The van der Waals surface area contributed by atoms with Crippen LogP contribution in [0.3, 0.4) is 0 Å². The van der Waals surface area contributed by atoms with E-state index in [-0.39, 0.29) is 5.78 Å². The molecular formula is C27H31NO4. The first kappa shape index (κ1) is 24.7. The molecule has 0 bridgehead atoms. The molecule has 0 amide bonds. The highest BCUT2D eigenvalue weighted by Crippen LogP contribution is 2.37. The van der Waals surface area contributed by atoms with Crippen molar-refractivity contribution < 1.29 is 19.4 Å². The fourth-order valence-electron chi connectivity index (χ4n) is 3.52. The number of ketones is 1. The minimum Gasteiger partial charge on any atom is -0.481 e. The van der Waals surface area contributed by atoms with E-state index < -0.39 is 12.6 Å². The van der Waals surface area contributed by atoms with E-state index in [1.54, 1.807) is 12.1 Å². The summed E-state index contributed by atoms with van der Waals surface area (Å²) < 4.78 is 5.56. The van der Waals surface area contributed by atoms with E-state index in [0.717, 1.165) is 22.4 Å². The van der Waals surface area contributed by atoms with Crippen molar-refractivity contribution >= 4 is 28.6 Å². The fourth-order valence-corrected chi connectivity index (χ4v) is 3.52. The van der Waals surface area contributed by atoms with E-state index in [4.69, 9.17) is 9.84 Å². The third kappa shape index (κ3) is 6.20. The second-order valence-electron chi connectivity index (χ2n) is 7.43. The molecule has 0 saturated heterocycles. The minimum atomic E-state index is -1.08. The molecule has 0 unspecified atom stereocenters. The van der Waals surface area contributed by atoms with Crippen LogP contribution in [0.2, 0.25) is 0 Å². The maximum absolute atomic E-state index is 12.5. The van der Waals surface area contributed by atoms with E-state index in [1.807, 2.05) is 74.3 Å². The third-order valence-electron chi connectivity index (χ3n) is 5.09. The van der Waals surface area contributed by atoms with Crippen molar-refractivity contribution in [1.82, 2.24) is 0 Å². The maximum Gasteiger partial charge on any atom is 0.341 e. The highest BCUT2D eigenvalue weighted by molar-refractivity contribution is 6.22. The Balaban J connectivity index is 2.49. The van der Waals surface area contributed by atoms with Gasteiger partial charge < -0.3 is 14.7 Å². The van der Waals surface area contributed by atoms with Crippen LogP contribution >= 0.6 is 0 Å². The summed E-state index contributed by atoms with van der Waals surface area (Å²) >= 11 is 0. The summed E-state index contributed by atoms with van der Waals surface area (Å²) in [4.78, 5) is 25.6. The molecule has 0 saturated carbocycles. The number of likely N-dealkylation sites (N-methyl/N-ethyl adjacent to an activating group) is 1. The van der Waals surface area contributed by atoms with Crippen LogP contribution in [0.15, 0.2) is 72.8 Å². The highest BCUT2D eigenvalue weighted by Gasteiger charge is 2.21. The van der Waals surface area contributed by atoms with Gasteiger partial charge in [0, 0.05) is 24.9 Å². The van der Waals surface area contributed by atoms with Crippen LogP contribution in [0.4, 0.5) is 5.69 Å². The van der Waals surface area contributed by atoms with Crippen LogP contribution < -0.4 is 9.64 Å². The van der Waals surface area contributed by atoms with Gasteiger partial charge in [0.05, 0.1) is 5.56 Å². The summed E-state index contributed by atoms with van der Waals surface area (Å²) in [6.07, 6.45) is 4.54. The Bertz CT molecular complexity index is 1030. The summed E-state index contributed by atoms with van der Waals surface area (Å²) in [6, 6.07) is 15.4. The first-order valence-electron chi connectivity index (χ1n) is 10.6. The van der Waals surface area contributed by atoms with Gasteiger partial charge in [0.2, 0.25) is 0 Å². The lowest BCUT2D eigenvalue weighted by molar-refractivity contribution is -0.139. The number of carboxylic acids is 1. The normalized spacial score (nSPS) is 11.8. The lowest BCUT2D eigenvalue weighted by Gasteiger charge is -2.26. The molecule has 0 spiro atoms. The molecule has 0 aliphatic rings. The van der Waals surface area contributed by atoms with Crippen molar-refractivity contribution in [1.29, 1.82) is 0 Å². The number of ether oxygens (including phenoxy) is 1. The van der Waals surface area contributed by atoms with Gasteiger partial charge in [-0.05, 0) is 49.1 Å². The molecule has 0 aliphatic heterocycles. The molecule has 0 heterocycles. The van der Waals surface area contributed by atoms with Crippen LogP contribution in [0, 0.1) is 0 Å². The zero-order valence-electron chi connectivity index (χ0n) is 19.2. The van der Waals surface area contributed by atoms with E-state index >= 15 is 0 Å². The number of carbonyl (C=O) groups excluding carboxylic acids is 1. The van der Waals surface area contributed by atoms with Crippen molar-refractivity contribution in [3.05, 3.63) is 84.0 Å². The van der Waals surface area contributed by atoms with Crippen LogP contribution in [0.25, 0.3) is 11.1 Å². The zero-order chi connectivity index (χ0) is 23.7. The molecule has 0 fully saturated rings. The highest BCUT2D eigenvalue weighted by atomic mass is 16.5. The number of carboxylic acid groups (broad SMARTS) is 1. The van der Waals surface area contributed by atoms with Crippen molar-refractivity contribution in [3.63, 3.8) is 0 Å². The Labute approximate surface area is 190 Å². The molecule has 168 valence electrons. The van der Waals surface area contributed by atoms with Gasteiger partial charge in [0.25, 0.3) is 0 Å². The molecule has 0 aliphatic carbocycles. The molecule has 5 nitrogen and oxygen atoms in total. The molecule has 5 heteroatoms. The Morgan fingerprint density at radius 2 is 1.81 bits per heavy atom. The number of aliphatic carboxylic acids is 1. The van der Waals surface area contributed by atoms with Gasteiger partial charge in [-0.3, -0.25) is 4.79 Å². The zero-order valence-corrected chi connectivity index (χ0v) is 19.2. The average Bonchev–Trinajstić information content (AvgIpc) is 2.79. The van der Waals surface area contributed by atoms with E-state index in [0.29, 0.717) is 29.9 Å². The largest absolute Gasteiger partial charge is 0.481 e. The lowest BCUT2D eigenvalue weighted by Crippen LogP contribution is -2.23. The number of hydrogen-bond acceptors (Lipinski definition) is 4. The Morgan fingerprint density at radius 3 is 2.38 bits per heavy atom. The smallest absolute Gasteiger partial charge is 0.341 e. The van der Waals surface area contributed by atoms with Gasteiger partial charge in [-0.15, -0.1) is 0 Å². The number of rotatable bonds is 11. The van der Waals surface area contributed by atoms with Crippen LogP contribution in [-0.4, -0.2) is 37.1 Å². The number of carbonyl (C=O) groups is 2. The standard InChI is InChI=1S/C27H31NO4/c1-6-12-23(20(4)29)27-24(15-11-16-25(27)32-18-26(30)31)28(5)17-21(7-2)19(3)22-13-9-8-10-14-22/h7-16H,3,6,17-18H2,1-2,4-5H3,(H,30,31)/b21-7-,23-12+. The summed E-state index contributed by atoms with van der Waals surface area (Å²) in [5, 5.41) is 9.08. The lowest BCUT2D eigenvalue weighted by atomic mass is 9.96.